The van der Waals surface area contributed by atoms with Gasteiger partial charge in [0.05, 0.1) is 17.8 Å². The lowest BCUT2D eigenvalue weighted by molar-refractivity contribution is 0.351. The molecule has 6 heteroatoms. The van der Waals surface area contributed by atoms with E-state index in [0.29, 0.717) is 29.5 Å². The number of thiazole rings is 1. The third-order valence-electron chi connectivity index (χ3n) is 6.15. The van der Waals surface area contributed by atoms with E-state index in [4.69, 9.17) is 10.4 Å². The zero-order valence-electron chi connectivity index (χ0n) is 18.5. The second-order valence-corrected chi connectivity index (χ2v) is 9.62. The Morgan fingerprint density at radius 1 is 1.09 bits per heavy atom. The van der Waals surface area contributed by atoms with E-state index in [9.17, 15) is 5.11 Å². The average Bonchev–Trinajstić information content (AvgIpc) is 3.40. The summed E-state index contributed by atoms with van der Waals surface area (Å²) in [5.41, 5.74) is 6.23. The fraction of sp³-hybridized carbons (Fsp3) is 0.231. The van der Waals surface area contributed by atoms with Gasteiger partial charge in [0.1, 0.15) is 16.6 Å². The van der Waals surface area contributed by atoms with E-state index < -0.39 is 0 Å². The molecule has 3 heterocycles. The van der Waals surface area contributed by atoms with Crippen LogP contribution in [0.4, 0.5) is 0 Å². The molecule has 4 aromatic rings. The van der Waals surface area contributed by atoms with E-state index in [1.165, 1.54) is 22.0 Å². The van der Waals surface area contributed by atoms with E-state index in [-0.39, 0.29) is 5.76 Å². The first kappa shape index (κ1) is 20.5. The Kier molecular flexibility index (Phi) is 5.10. The molecule has 5 nitrogen and oxygen atoms in total. The van der Waals surface area contributed by atoms with Gasteiger partial charge in [-0.2, -0.15) is 0 Å². The van der Waals surface area contributed by atoms with Crippen molar-refractivity contribution in [2.24, 2.45) is 7.05 Å². The molecule has 0 atom stereocenters. The van der Waals surface area contributed by atoms with Gasteiger partial charge >= 0.3 is 0 Å². The summed E-state index contributed by atoms with van der Waals surface area (Å²) in [7, 11) is 2.06. The third-order valence-corrected chi connectivity index (χ3v) is 7.14. The van der Waals surface area contributed by atoms with Crippen LogP contribution in [0.2, 0.25) is 0 Å². The molecular weight excluding hydrogens is 416 g/mol. The van der Waals surface area contributed by atoms with E-state index in [1.54, 1.807) is 11.3 Å². The van der Waals surface area contributed by atoms with Crippen molar-refractivity contribution in [3.8, 4) is 11.3 Å². The van der Waals surface area contributed by atoms with E-state index >= 15 is 0 Å². The van der Waals surface area contributed by atoms with Crippen LogP contribution in [0, 0.1) is 19.3 Å². The van der Waals surface area contributed by atoms with Gasteiger partial charge in [-0.05, 0) is 31.9 Å². The molecule has 0 saturated carbocycles. The quantitative estimate of drug-likeness (QED) is 0.415. The van der Waals surface area contributed by atoms with Crippen molar-refractivity contribution in [3.63, 3.8) is 0 Å². The number of nitrogens with one attached hydrogen (secondary N) is 1. The average molecular weight is 443 g/mol. The standard InChI is InChI=1S/C26H26N4OS/c1-16-8-10-18(11-9-16)24-17(2)32-26(28-24)23-22(31)15-30(25(23)27)13-12-19-14-29(3)21-7-5-4-6-20(19)21/h4-11,14,27,31H,12-13,15H2,1-3H3. The number of para-hydroxylation sites is 1. The number of aliphatic hydroxyl groups excluding tert-OH is 1. The summed E-state index contributed by atoms with van der Waals surface area (Å²) in [6.45, 7) is 5.15. The van der Waals surface area contributed by atoms with Gasteiger partial charge in [0.15, 0.2) is 0 Å². The molecule has 0 spiro atoms. The minimum Gasteiger partial charge on any atom is -0.510 e. The Bertz CT molecular complexity index is 1360. The lowest BCUT2D eigenvalue weighted by Gasteiger charge is -2.18. The Balaban J connectivity index is 1.36. The maximum atomic E-state index is 10.7. The van der Waals surface area contributed by atoms with Gasteiger partial charge in [-0.25, -0.2) is 4.98 Å². The van der Waals surface area contributed by atoms with Gasteiger partial charge < -0.3 is 14.6 Å². The molecule has 0 unspecified atom stereocenters. The fourth-order valence-corrected chi connectivity index (χ4v) is 5.42. The van der Waals surface area contributed by atoms with Crippen molar-refractivity contribution in [2.45, 2.75) is 20.3 Å². The molecule has 32 heavy (non-hydrogen) atoms. The molecule has 2 aromatic heterocycles. The molecule has 0 aliphatic carbocycles. The zero-order chi connectivity index (χ0) is 22.4. The normalized spacial score (nSPS) is 14.2. The summed E-state index contributed by atoms with van der Waals surface area (Å²) in [4.78, 5) is 7.85. The molecule has 0 amide bonds. The fourth-order valence-electron chi connectivity index (χ4n) is 4.41. The number of amidine groups is 1. The second kappa shape index (κ2) is 7.95. The number of hydrogen-bond acceptors (Lipinski definition) is 4. The first-order chi connectivity index (χ1) is 15.4. The number of fused-ring (bicyclic) bond motifs is 1. The Morgan fingerprint density at radius 2 is 1.84 bits per heavy atom. The molecule has 1 aliphatic heterocycles. The number of aromatic nitrogens is 2. The van der Waals surface area contributed by atoms with E-state index in [1.807, 2.05) is 11.8 Å². The highest BCUT2D eigenvalue weighted by molar-refractivity contribution is 7.13. The van der Waals surface area contributed by atoms with Crippen molar-refractivity contribution in [2.75, 3.05) is 13.1 Å². The predicted molar refractivity (Wildman–Crippen MR) is 132 cm³/mol. The molecule has 0 saturated heterocycles. The van der Waals surface area contributed by atoms with Gasteiger partial charge in [-0.3, -0.25) is 5.41 Å². The summed E-state index contributed by atoms with van der Waals surface area (Å²) in [5.74, 6) is 0.587. The number of nitrogens with zero attached hydrogens (tertiary/aromatic N) is 3. The topological polar surface area (TPSA) is 65.1 Å². The van der Waals surface area contributed by atoms with Crippen LogP contribution in [0.1, 0.15) is 21.0 Å². The van der Waals surface area contributed by atoms with Crippen LogP contribution >= 0.6 is 11.3 Å². The van der Waals surface area contributed by atoms with Gasteiger partial charge in [-0.1, -0.05) is 48.0 Å². The predicted octanol–water partition coefficient (Wildman–Crippen LogP) is 5.72. The molecule has 5 rings (SSSR count). The molecule has 2 aromatic carbocycles. The highest BCUT2D eigenvalue weighted by atomic mass is 32.1. The molecule has 1 aliphatic rings. The first-order valence-electron chi connectivity index (χ1n) is 10.8. The smallest absolute Gasteiger partial charge is 0.135 e. The molecule has 2 N–H and O–H groups in total. The molecular formula is C26H26N4OS. The van der Waals surface area contributed by atoms with Crippen LogP contribution in [0.25, 0.3) is 27.7 Å². The zero-order valence-corrected chi connectivity index (χ0v) is 19.3. The highest BCUT2D eigenvalue weighted by Gasteiger charge is 2.30. The summed E-state index contributed by atoms with van der Waals surface area (Å²) in [6, 6.07) is 16.7. The van der Waals surface area contributed by atoms with Crippen molar-refractivity contribution in [1.82, 2.24) is 14.5 Å². The van der Waals surface area contributed by atoms with Gasteiger partial charge in [0, 0.05) is 41.1 Å². The summed E-state index contributed by atoms with van der Waals surface area (Å²) >= 11 is 1.54. The summed E-state index contributed by atoms with van der Waals surface area (Å²) in [5, 5.41) is 21.4. The Labute approximate surface area is 191 Å². The third kappa shape index (κ3) is 3.50. The Hall–Kier alpha value is -3.38. The van der Waals surface area contributed by atoms with Crippen molar-refractivity contribution in [3.05, 3.63) is 81.5 Å². The van der Waals surface area contributed by atoms with Crippen LogP contribution < -0.4 is 0 Å². The lowest BCUT2D eigenvalue weighted by atomic mass is 10.1. The van der Waals surface area contributed by atoms with Crippen LogP contribution in [0.15, 0.2) is 60.5 Å². The van der Waals surface area contributed by atoms with Crippen molar-refractivity contribution in [1.29, 1.82) is 5.41 Å². The van der Waals surface area contributed by atoms with E-state index in [2.05, 4.69) is 73.3 Å². The maximum Gasteiger partial charge on any atom is 0.135 e. The van der Waals surface area contributed by atoms with Crippen LogP contribution in [-0.4, -0.2) is 38.5 Å². The molecule has 0 fully saturated rings. The number of benzene rings is 2. The van der Waals surface area contributed by atoms with Crippen molar-refractivity contribution >= 4 is 33.6 Å². The molecule has 0 radical (unpaired) electrons. The molecule has 0 bridgehead atoms. The summed E-state index contributed by atoms with van der Waals surface area (Å²) in [6.07, 6.45) is 2.98. The first-order valence-corrected chi connectivity index (χ1v) is 11.6. The minimum atomic E-state index is 0.233. The second-order valence-electron chi connectivity index (χ2n) is 8.41. The monoisotopic (exact) mass is 442 g/mol. The van der Waals surface area contributed by atoms with Crippen LogP contribution in [0.3, 0.4) is 0 Å². The number of aliphatic hydroxyl groups is 1. The van der Waals surface area contributed by atoms with Crippen LogP contribution in [-0.2, 0) is 13.5 Å². The maximum absolute atomic E-state index is 10.7. The lowest BCUT2D eigenvalue weighted by Crippen LogP contribution is -2.28. The molecule has 162 valence electrons. The Morgan fingerprint density at radius 3 is 2.62 bits per heavy atom. The number of rotatable bonds is 5. The van der Waals surface area contributed by atoms with Gasteiger partial charge in [0.25, 0.3) is 0 Å². The number of aryl methyl sites for hydroxylation is 3. The highest BCUT2D eigenvalue weighted by Crippen LogP contribution is 2.35. The van der Waals surface area contributed by atoms with Crippen molar-refractivity contribution < 1.29 is 5.11 Å². The van der Waals surface area contributed by atoms with Gasteiger partial charge in [0.2, 0.25) is 0 Å². The van der Waals surface area contributed by atoms with E-state index in [0.717, 1.165) is 22.6 Å². The minimum absolute atomic E-state index is 0.233. The SMILES string of the molecule is Cc1ccc(-c2nc(C3=C(O)CN(CCc4cn(C)c5ccccc45)C3=N)sc2C)cc1. The largest absolute Gasteiger partial charge is 0.510 e. The number of hydrogen-bond donors (Lipinski definition) is 2. The van der Waals surface area contributed by atoms with Crippen LogP contribution in [0.5, 0.6) is 0 Å². The summed E-state index contributed by atoms with van der Waals surface area (Å²) < 4.78 is 2.14. The van der Waals surface area contributed by atoms with Gasteiger partial charge in [-0.15, -0.1) is 11.3 Å².